The van der Waals surface area contributed by atoms with Crippen LogP contribution >= 0.6 is 23.1 Å². The van der Waals surface area contributed by atoms with E-state index in [1.165, 1.54) is 25.0 Å². The van der Waals surface area contributed by atoms with Crippen LogP contribution < -0.4 is 5.32 Å². The van der Waals surface area contributed by atoms with Gasteiger partial charge >= 0.3 is 0 Å². The number of thioether (sulfide) groups is 1. The predicted molar refractivity (Wildman–Crippen MR) is 119 cm³/mol. The van der Waals surface area contributed by atoms with Crippen molar-refractivity contribution in [3.05, 3.63) is 71.9 Å². The minimum absolute atomic E-state index is 0.0863. The van der Waals surface area contributed by atoms with Gasteiger partial charge in [0.2, 0.25) is 5.91 Å². The van der Waals surface area contributed by atoms with Gasteiger partial charge in [-0.2, -0.15) is 0 Å². The number of rotatable bonds is 6. The van der Waals surface area contributed by atoms with Crippen molar-refractivity contribution in [3.63, 3.8) is 0 Å². The number of aromatic nitrogens is 2. The molecule has 0 saturated carbocycles. The number of ketones is 1. The minimum atomic E-state index is -0.188. The van der Waals surface area contributed by atoms with Gasteiger partial charge in [0, 0.05) is 16.5 Å². The highest BCUT2D eigenvalue weighted by molar-refractivity contribution is 8.00. The molecule has 0 radical (unpaired) electrons. The molecule has 1 amide bonds. The average Bonchev–Trinajstić information content (AvgIpc) is 3.18. The summed E-state index contributed by atoms with van der Waals surface area (Å²) >= 11 is 2.93. The smallest absolute Gasteiger partial charge is 0.234 e. The fourth-order valence-electron chi connectivity index (χ4n) is 3.01. The number of anilines is 1. The maximum Gasteiger partial charge on any atom is 0.234 e. The van der Waals surface area contributed by atoms with Crippen LogP contribution in [0.5, 0.6) is 0 Å². The van der Waals surface area contributed by atoms with Crippen LogP contribution in [-0.4, -0.2) is 27.4 Å². The lowest BCUT2D eigenvalue weighted by Crippen LogP contribution is -2.16. The third-order valence-corrected chi connectivity index (χ3v) is 6.22. The normalized spacial score (nSPS) is 10.8. The summed E-state index contributed by atoms with van der Waals surface area (Å²) in [6.07, 6.45) is 1.53. The number of amides is 1. The van der Waals surface area contributed by atoms with Crippen molar-refractivity contribution < 1.29 is 9.59 Å². The number of para-hydroxylation sites is 1. The van der Waals surface area contributed by atoms with E-state index in [1.54, 1.807) is 35.6 Å². The largest absolute Gasteiger partial charge is 0.325 e. The molecule has 0 unspecified atom stereocenters. The van der Waals surface area contributed by atoms with Gasteiger partial charge in [-0.1, -0.05) is 54.2 Å². The van der Waals surface area contributed by atoms with Crippen LogP contribution in [-0.2, 0) is 4.79 Å². The zero-order valence-electron chi connectivity index (χ0n) is 15.6. The number of Topliss-reactive ketones (excluding diaryl/α,β-unsaturated/α-hetero) is 1. The predicted octanol–water partition coefficient (Wildman–Crippen LogP) is 5.29. The van der Waals surface area contributed by atoms with Gasteiger partial charge in [0.1, 0.15) is 16.2 Å². The Morgan fingerprint density at radius 1 is 1.03 bits per heavy atom. The third-order valence-electron chi connectivity index (χ3n) is 4.34. The van der Waals surface area contributed by atoms with Crippen molar-refractivity contribution in [3.8, 4) is 11.1 Å². The molecule has 2 aromatic carbocycles. The van der Waals surface area contributed by atoms with E-state index in [4.69, 9.17) is 0 Å². The molecule has 2 heterocycles. The molecule has 0 aliphatic rings. The number of fused-ring (bicyclic) bond motifs is 1. The number of nitrogens with one attached hydrogen (secondary N) is 1. The van der Waals surface area contributed by atoms with Crippen molar-refractivity contribution in [2.45, 2.75) is 11.9 Å². The van der Waals surface area contributed by atoms with Crippen LogP contribution in [0.2, 0.25) is 0 Å². The van der Waals surface area contributed by atoms with Crippen LogP contribution in [0.25, 0.3) is 21.3 Å². The molecule has 0 atom stereocenters. The Morgan fingerprint density at radius 3 is 2.59 bits per heavy atom. The lowest BCUT2D eigenvalue weighted by atomic mass is 10.1. The molecule has 0 saturated heterocycles. The Hall–Kier alpha value is -3.03. The highest BCUT2D eigenvalue weighted by Gasteiger charge is 2.15. The number of carbonyl (C=O) groups is 2. The standard InChI is InChI=1S/C22H17N3O2S2/c1-14(26)16-9-5-6-10-18(16)25-19(27)12-29-22-20-17(15-7-3-2-4-8-15)11-28-21(20)23-13-24-22/h2-11,13H,12H2,1H3,(H,25,27). The number of hydrogen-bond donors (Lipinski definition) is 1. The van der Waals surface area contributed by atoms with E-state index in [0.717, 1.165) is 26.4 Å². The van der Waals surface area contributed by atoms with E-state index < -0.39 is 0 Å². The van der Waals surface area contributed by atoms with E-state index in [0.29, 0.717) is 11.3 Å². The molecule has 29 heavy (non-hydrogen) atoms. The fourth-order valence-corrected chi connectivity index (χ4v) is 4.80. The van der Waals surface area contributed by atoms with E-state index in [9.17, 15) is 9.59 Å². The Balaban J connectivity index is 1.55. The summed E-state index contributed by atoms with van der Waals surface area (Å²) in [7, 11) is 0. The quantitative estimate of drug-likeness (QED) is 0.261. The molecular weight excluding hydrogens is 402 g/mol. The van der Waals surface area contributed by atoms with Crippen LogP contribution in [0.4, 0.5) is 5.69 Å². The SMILES string of the molecule is CC(=O)c1ccccc1NC(=O)CSc1ncnc2scc(-c3ccccc3)c12. The summed E-state index contributed by atoms with van der Waals surface area (Å²) in [6, 6.07) is 17.1. The summed E-state index contributed by atoms with van der Waals surface area (Å²) in [4.78, 5) is 33.9. The molecule has 4 rings (SSSR count). The molecule has 0 fully saturated rings. The average molecular weight is 420 g/mol. The molecule has 7 heteroatoms. The van der Waals surface area contributed by atoms with Gasteiger partial charge in [0.05, 0.1) is 16.8 Å². The highest BCUT2D eigenvalue weighted by atomic mass is 32.2. The number of benzene rings is 2. The van der Waals surface area contributed by atoms with Crippen LogP contribution in [0.1, 0.15) is 17.3 Å². The van der Waals surface area contributed by atoms with Gasteiger partial charge in [0.15, 0.2) is 5.78 Å². The zero-order valence-corrected chi connectivity index (χ0v) is 17.2. The molecule has 0 aliphatic carbocycles. The zero-order chi connectivity index (χ0) is 20.2. The van der Waals surface area contributed by atoms with Crippen LogP contribution in [0, 0.1) is 0 Å². The topological polar surface area (TPSA) is 72.0 Å². The lowest BCUT2D eigenvalue weighted by molar-refractivity contribution is -0.113. The van der Waals surface area contributed by atoms with Gasteiger partial charge in [-0.3, -0.25) is 9.59 Å². The molecule has 0 bridgehead atoms. The summed E-state index contributed by atoms with van der Waals surface area (Å²) in [5.74, 6) is -0.0913. The Bertz CT molecular complexity index is 1190. The van der Waals surface area contributed by atoms with Gasteiger partial charge in [-0.25, -0.2) is 9.97 Å². The van der Waals surface area contributed by atoms with Crippen molar-refractivity contribution in [2.75, 3.05) is 11.1 Å². The number of thiophene rings is 1. The molecule has 5 nitrogen and oxygen atoms in total. The Kier molecular flexibility index (Phi) is 5.69. The third kappa shape index (κ3) is 4.21. The Morgan fingerprint density at radius 2 is 1.79 bits per heavy atom. The number of nitrogens with zero attached hydrogens (tertiary/aromatic N) is 2. The van der Waals surface area contributed by atoms with Crippen LogP contribution in [0.15, 0.2) is 71.3 Å². The summed E-state index contributed by atoms with van der Waals surface area (Å²) < 4.78 is 0. The van der Waals surface area contributed by atoms with Gasteiger partial charge in [-0.15, -0.1) is 11.3 Å². The summed E-state index contributed by atoms with van der Waals surface area (Å²) in [5, 5.41) is 6.63. The first-order valence-corrected chi connectivity index (χ1v) is 10.8. The van der Waals surface area contributed by atoms with Gasteiger partial charge < -0.3 is 5.32 Å². The van der Waals surface area contributed by atoms with Gasteiger partial charge in [0.25, 0.3) is 0 Å². The summed E-state index contributed by atoms with van der Waals surface area (Å²) in [6.45, 7) is 1.49. The second-order valence-electron chi connectivity index (χ2n) is 6.31. The first-order chi connectivity index (χ1) is 14.1. The van der Waals surface area contributed by atoms with E-state index in [1.807, 2.05) is 30.3 Å². The minimum Gasteiger partial charge on any atom is -0.325 e. The molecular formula is C22H17N3O2S2. The fraction of sp³-hybridized carbons (Fsp3) is 0.0909. The van der Waals surface area contributed by atoms with Crippen LogP contribution in [0.3, 0.4) is 0 Å². The van der Waals surface area contributed by atoms with Crippen molar-refractivity contribution >= 4 is 50.7 Å². The maximum absolute atomic E-state index is 12.5. The highest BCUT2D eigenvalue weighted by Crippen LogP contribution is 2.37. The Labute approximate surface area is 176 Å². The first-order valence-electron chi connectivity index (χ1n) is 8.93. The van der Waals surface area contributed by atoms with E-state index in [-0.39, 0.29) is 17.4 Å². The van der Waals surface area contributed by atoms with Crippen molar-refractivity contribution in [2.24, 2.45) is 0 Å². The van der Waals surface area contributed by atoms with Crippen molar-refractivity contribution in [1.29, 1.82) is 0 Å². The molecule has 144 valence electrons. The molecule has 1 N–H and O–H groups in total. The van der Waals surface area contributed by atoms with E-state index >= 15 is 0 Å². The van der Waals surface area contributed by atoms with Crippen molar-refractivity contribution in [1.82, 2.24) is 9.97 Å². The monoisotopic (exact) mass is 419 g/mol. The molecule has 0 spiro atoms. The van der Waals surface area contributed by atoms with Gasteiger partial charge in [-0.05, 0) is 24.6 Å². The molecule has 0 aliphatic heterocycles. The second kappa shape index (κ2) is 8.55. The lowest BCUT2D eigenvalue weighted by Gasteiger charge is -2.09. The number of hydrogen-bond acceptors (Lipinski definition) is 6. The first kappa shape index (κ1) is 19.3. The number of carbonyl (C=O) groups excluding carboxylic acids is 2. The second-order valence-corrected chi connectivity index (χ2v) is 8.14. The summed E-state index contributed by atoms with van der Waals surface area (Å²) in [5.41, 5.74) is 3.18. The molecule has 2 aromatic heterocycles. The van der Waals surface area contributed by atoms with E-state index in [2.05, 4.69) is 20.7 Å². The molecule has 4 aromatic rings. The maximum atomic E-state index is 12.5.